The number of hydrogen-bond donors (Lipinski definition) is 1. The molecule has 1 N–H and O–H groups in total. The van der Waals surface area contributed by atoms with Crippen LogP contribution in [0, 0.1) is 0 Å². The molecule has 0 atom stereocenters. The first-order valence-electron chi connectivity index (χ1n) is 8.92. The molecule has 1 fully saturated rings. The van der Waals surface area contributed by atoms with Gasteiger partial charge in [-0.25, -0.2) is 8.42 Å². The van der Waals surface area contributed by atoms with Crippen molar-refractivity contribution in [3.8, 4) is 5.75 Å². The third-order valence-corrected chi connectivity index (χ3v) is 5.87. The van der Waals surface area contributed by atoms with E-state index in [0.717, 1.165) is 30.7 Å². The van der Waals surface area contributed by atoms with Gasteiger partial charge in [0.15, 0.2) is 6.61 Å². The summed E-state index contributed by atoms with van der Waals surface area (Å²) >= 11 is 0. The fraction of sp³-hybridized carbons (Fsp3) is 0.529. The second-order valence-electron chi connectivity index (χ2n) is 6.20. The highest BCUT2D eigenvalue weighted by Gasteiger charge is 2.32. The molecule has 1 amide bonds. The highest BCUT2D eigenvalue weighted by atomic mass is 32.2. The minimum absolute atomic E-state index is 0.128. The zero-order valence-electron chi connectivity index (χ0n) is 15.7. The van der Waals surface area contributed by atoms with Crippen molar-refractivity contribution >= 4 is 21.6 Å². The molecule has 8 nitrogen and oxygen atoms in total. The lowest BCUT2D eigenvalue weighted by atomic mass is 10.1. The largest absolute Gasteiger partial charge is 0.573 e. The van der Waals surface area contributed by atoms with E-state index in [1.54, 1.807) is 0 Å². The molecule has 0 saturated carbocycles. The smallest absolute Gasteiger partial charge is 0.406 e. The van der Waals surface area contributed by atoms with E-state index in [1.807, 2.05) is 6.92 Å². The first-order chi connectivity index (χ1) is 13.6. The molecule has 0 radical (unpaired) electrons. The fourth-order valence-electron chi connectivity index (χ4n) is 2.54. The molecule has 1 aliphatic heterocycles. The van der Waals surface area contributed by atoms with Gasteiger partial charge in [0.05, 0.1) is 10.6 Å². The average Bonchev–Trinajstić information content (AvgIpc) is 2.66. The third kappa shape index (κ3) is 7.20. The zero-order chi connectivity index (χ0) is 21.5. The molecule has 2 rings (SSSR count). The third-order valence-electron chi connectivity index (χ3n) is 3.96. The Bertz CT molecular complexity index is 816. The Morgan fingerprint density at radius 3 is 2.38 bits per heavy atom. The normalized spacial score (nSPS) is 15.7. The van der Waals surface area contributed by atoms with Crippen LogP contribution in [-0.4, -0.2) is 56.9 Å². The van der Waals surface area contributed by atoms with Gasteiger partial charge in [0, 0.05) is 32.5 Å². The van der Waals surface area contributed by atoms with Gasteiger partial charge in [0.25, 0.3) is 5.91 Å². The summed E-state index contributed by atoms with van der Waals surface area (Å²) in [4.78, 5) is 16.3. The van der Waals surface area contributed by atoms with Crippen molar-refractivity contribution in [2.24, 2.45) is 5.16 Å². The summed E-state index contributed by atoms with van der Waals surface area (Å²) in [5, 5.41) is 6.52. The second kappa shape index (κ2) is 9.92. The Labute approximate surface area is 166 Å². The fourth-order valence-corrected chi connectivity index (χ4v) is 3.98. The number of nitrogens with one attached hydrogen (secondary N) is 1. The molecule has 0 aromatic heterocycles. The first-order valence-corrected chi connectivity index (χ1v) is 10.4. The van der Waals surface area contributed by atoms with Gasteiger partial charge >= 0.3 is 6.36 Å². The Kier molecular flexibility index (Phi) is 7.85. The van der Waals surface area contributed by atoms with Crippen LogP contribution < -0.4 is 10.1 Å². The second-order valence-corrected chi connectivity index (χ2v) is 8.14. The van der Waals surface area contributed by atoms with Crippen LogP contribution in [0.2, 0.25) is 0 Å². The van der Waals surface area contributed by atoms with Crippen molar-refractivity contribution in [2.75, 3.05) is 26.2 Å². The molecule has 0 aliphatic carbocycles. The maximum Gasteiger partial charge on any atom is 0.573 e. The molecule has 1 heterocycles. The lowest BCUT2D eigenvalue weighted by Gasteiger charge is -2.26. The lowest BCUT2D eigenvalue weighted by molar-refractivity contribution is -0.274. The van der Waals surface area contributed by atoms with Crippen molar-refractivity contribution in [3.63, 3.8) is 0 Å². The van der Waals surface area contributed by atoms with Crippen molar-refractivity contribution < 1.29 is 36.0 Å². The number of alkyl halides is 3. The summed E-state index contributed by atoms with van der Waals surface area (Å²) in [5.74, 6) is -0.779. The van der Waals surface area contributed by atoms with Gasteiger partial charge in [-0.3, -0.25) is 4.79 Å². The van der Waals surface area contributed by atoms with Gasteiger partial charge in [-0.2, -0.15) is 4.31 Å². The molecule has 1 saturated heterocycles. The lowest BCUT2D eigenvalue weighted by Crippen LogP contribution is -2.38. The SMILES string of the molecule is CCCNC(=O)CON=C1CCN(S(=O)(=O)c2ccc(OC(F)(F)F)cc2)CC1. The number of hydrogen-bond acceptors (Lipinski definition) is 6. The zero-order valence-corrected chi connectivity index (χ0v) is 16.6. The van der Waals surface area contributed by atoms with E-state index in [4.69, 9.17) is 4.84 Å². The summed E-state index contributed by atoms with van der Waals surface area (Å²) in [6.45, 7) is 2.56. The van der Waals surface area contributed by atoms with E-state index in [1.165, 1.54) is 4.31 Å². The van der Waals surface area contributed by atoms with E-state index in [0.29, 0.717) is 25.1 Å². The number of halogens is 3. The number of sulfonamides is 1. The van der Waals surface area contributed by atoms with E-state index in [-0.39, 0.29) is 30.5 Å². The van der Waals surface area contributed by atoms with Crippen LogP contribution in [0.5, 0.6) is 5.75 Å². The van der Waals surface area contributed by atoms with Crippen LogP contribution in [0.25, 0.3) is 0 Å². The van der Waals surface area contributed by atoms with Gasteiger partial charge in [0.2, 0.25) is 10.0 Å². The number of amides is 1. The van der Waals surface area contributed by atoms with Crippen molar-refractivity contribution in [3.05, 3.63) is 24.3 Å². The van der Waals surface area contributed by atoms with Gasteiger partial charge in [0.1, 0.15) is 5.75 Å². The van der Waals surface area contributed by atoms with Crippen LogP contribution in [0.3, 0.4) is 0 Å². The standard InChI is InChI=1S/C17H22F3N3O5S/c1-2-9-21-16(24)12-27-22-13-7-10-23(11-8-13)29(25,26)15-5-3-14(4-6-15)28-17(18,19)20/h3-6H,2,7-12H2,1H3,(H,21,24). The molecular formula is C17H22F3N3O5S. The highest BCUT2D eigenvalue weighted by molar-refractivity contribution is 7.89. The van der Waals surface area contributed by atoms with E-state index >= 15 is 0 Å². The van der Waals surface area contributed by atoms with Crippen LogP contribution in [0.15, 0.2) is 34.3 Å². The number of piperidine rings is 1. The monoisotopic (exact) mass is 437 g/mol. The number of rotatable bonds is 8. The maximum absolute atomic E-state index is 12.6. The van der Waals surface area contributed by atoms with E-state index in [2.05, 4.69) is 15.2 Å². The molecular weight excluding hydrogens is 415 g/mol. The number of ether oxygens (including phenoxy) is 1. The van der Waals surface area contributed by atoms with Crippen molar-refractivity contribution in [2.45, 2.75) is 37.4 Å². The number of benzene rings is 1. The molecule has 0 spiro atoms. The van der Waals surface area contributed by atoms with Gasteiger partial charge in [-0.05, 0) is 30.7 Å². The maximum atomic E-state index is 12.6. The average molecular weight is 437 g/mol. The van der Waals surface area contributed by atoms with Crippen LogP contribution in [0.1, 0.15) is 26.2 Å². The number of oxime groups is 1. The molecule has 1 aliphatic rings. The van der Waals surface area contributed by atoms with Crippen molar-refractivity contribution in [1.29, 1.82) is 0 Å². The van der Waals surface area contributed by atoms with Crippen LogP contribution in [0.4, 0.5) is 13.2 Å². The summed E-state index contributed by atoms with van der Waals surface area (Å²) in [5.41, 5.74) is 0.633. The number of nitrogens with zero attached hydrogens (tertiary/aromatic N) is 2. The summed E-state index contributed by atoms with van der Waals surface area (Å²) in [7, 11) is -3.85. The predicted molar refractivity (Wildman–Crippen MR) is 97.8 cm³/mol. The molecule has 0 unspecified atom stereocenters. The molecule has 29 heavy (non-hydrogen) atoms. The van der Waals surface area contributed by atoms with Crippen molar-refractivity contribution in [1.82, 2.24) is 9.62 Å². The Morgan fingerprint density at radius 1 is 1.21 bits per heavy atom. The molecule has 0 bridgehead atoms. The minimum atomic E-state index is -4.85. The Balaban J connectivity index is 1.89. The topological polar surface area (TPSA) is 97.3 Å². The van der Waals surface area contributed by atoms with Gasteiger partial charge in [-0.1, -0.05) is 12.1 Å². The number of carbonyl (C=O) groups excluding carboxylic acids is 1. The Hall–Kier alpha value is -2.34. The summed E-state index contributed by atoms with van der Waals surface area (Å²) in [6, 6.07) is 4.04. The number of carbonyl (C=O) groups is 1. The predicted octanol–water partition coefficient (Wildman–Crippen LogP) is 2.27. The van der Waals surface area contributed by atoms with Crippen LogP contribution in [-0.2, 0) is 19.7 Å². The van der Waals surface area contributed by atoms with E-state index in [9.17, 15) is 26.4 Å². The van der Waals surface area contributed by atoms with E-state index < -0.39 is 22.1 Å². The highest BCUT2D eigenvalue weighted by Crippen LogP contribution is 2.26. The van der Waals surface area contributed by atoms with Gasteiger partial charge < -0.3 is 14.9 Å². The van der Waals surface area contributed by atoms with Gasteiger partial charge in [-0.15, -0.1) is 13.2 Å². The Morgan fingerprint density at radius 2 is 1.83 bits per heavy atom. The minimum Gasteiger partial charge on any atom is -0.406 e. The molecule has 162 valence electrons. The molecule has 12 heteroatoms. The molecule has 1 aromatic rings. The summed E-state index contributed by atoms with van der Waals surface area (Å²) < 4.78 is 66.8. The summed E-state index contributed by atoms with van der Waals surface area (Å²) in [6.07, 6.45) is -3.39. The molecule has 1 aromatic carbocycles. The first kappa shape index (κ1) is 22.9. The quantitative estimate of drug-likeness (QED) is 0.630. The van der Waals surface area contributed by atoms with Crippen LogP contribution >= 0.6 is 0 Å².